The largest absolute Gasteiger partial charge is 0.418 e. The Morgan fingerprint density at radius 3 is 2.72 bits per heavy atom. The van der Waals surface area contributed by atoms with Crippen LogP contribution in [0.15, 0.2) is 4.52 Å². The van der Waals surface area contributed by atoms with Gasteiger partial charge in [0.2, 0.25) is 5.89 Å². The summed E-state index contributed by atoms with van der Waals surface area (Å²) in [6.07, 6.45) is 2.92. The molecule has 0 spiro atoms. The molecule has 4 heterocycles. The molecule has 0 radical (unpaired) electrons. The molecule has 1 aromatic heterocycles. The fraction of sp³-hybridized carbons (Fsp3) is 0.769. The summed E-state index contributed by atoms with van der Waals surface area (Å²) in [5.41, 5.74) is 0. The van der Waals surface area contributed by atoms with Gasteiger partial charge in [0.05, 0.1) is 12.1 Å². The van der Waals surface area contributed by atoms with Crippen LogP contribution in [0.3, 0.4) is 0 Å². The van der Waals surface area contributed by atoms with E-state index in [9.17, 15) is 13.2 Å². The van der Waals surface area contributed by atoms with Gasteiger partial charge in [-0.15, -0.1) is 4.28 Å². The van der Waals surface area contributed by atoms with Gasteiger partial charge in [-0.3, -0.25) is 4.55 Å². The Labute approximate surface area is 144 Å². The van der Waals surface area contributed by atoms with Crippen molar-refractivity contribution in [3.05, 3.63) is 11.7 Å². The summed E-state index contributed by atoms with van der Waals surface area (Å²) in [5, 5.41) is 8.02. The molecule has 25 heavy (non-hydrogen) atoms. The number of urea groups is 1. The molecule has 0 aromatic carbocycles. The third kappa shape index (κ3) is 3.21. The van der Waals surface area contributed by atoms with Gasteiger partial charge in [-0.2, -0.15) is 18.5 Å². The van der Waals surface area contributed by atoms with Crippen LogP contribution in [-0.2, 0) is 14.7 Å². The third-order valence-corrected chi connectivity index (χ3v) is 5.29. The molecule has 11 nitrogen and oxygen atoms in total. The lowest BCUT2D eigenvalue weighted by Crippen LogP contribution is -2.35. The zero-order valence-corrected chi connectivity index (χ0v) is 14.2. The summed E-state index contributed by atoms with van der Waals surface area (Å²) in [5.74, 6) is 1.22. The Balaban J connectivity index is 1.51. The van der Waals surface area contributed by atoms with Crippen LogP contribution in [0.5, 0.6) is 0 Å². The number of nitrogens with one attached hydrogen (secondary N) is 1. The van der Waals surface area contributed by atoms with Gasteiger partial charge in [-0.05, 0) is 38.8 Å². The lowest BCUT2D eigenvalue weighted by atomic mass is 9.98. The molecular formula is C13H19N5O6S. The highest BCUT2D eigenvalue weighted by atomic mass is 32.3. The van der Waals surface area contributed by atoms with Gasteiger partial charge in [0.1, 0.15) is 0 Å². The first-order chi connectivity index (χ1) is 11.9. The van der Waals surface area contributed by atoms with Crippen LogP contribution in [-0.4, -0.2) is 64.8 Å². The Morgan fingerprint density at radius 1 is 1.24 bits per heavy atom. The fourth-order valence-electron chi connectivity index (χ4n) is 3.72. The fourth-order valence-corrected chi connectivity index (χ4v) is 4.11. The molecule has 2 bridgehead atoms. The molecule has 2 atom stereocenters. The van der Waals surface area contributed by atoms with E-state index < -0.39 is 28.5 Å². The van der Waals surface area contributed by atoms with E-state index in [2.05, 4.69) is 19.7 Å². The molecule has 3 aliphatic heterocycles. The molecule has 0 saturated carbocycles. The summed E-state index contributed by atoms with van der Waals surface area (Å²) in [4.78, 5) is 18.4. The van der Waals surface area contributed by atoms with Gasteiger partial charge in [0.25, 0.3) is 0 Å². The molecule has 0 aliphatic carbocycles. The molecule has 12 heteroatoms. The first kappa shape index (κ1) is 16.7. The maximum absolute atomic E-state index is 12.4. The highest BCUT2D eigenvalue weighted by Crippen LogP contribution is 2.38. The number of carbonyl (C=O) groups excluding carboxylic acids is 1. The monoisotopic (exact) mass is 373 g/mol. The van der Waals surface area contributed by atoms with Crippen molar-refractivity contribution in [3.8, 4) is 0 Å². The van der Waals surface area contributed by atoms with Crippen molar-refractivity contribution in [3.63, 3.8) is 0 Å². The molecule has 2 N–H and O–H groups in total. The number of hydrogen-bond donors (Lipinski definition) is 2. The summed E-state index contributed by atoms with van der Waals surface area (Å²) in [6, 6.07) is -1.45. The standard InChI is InChI=1S/C13H19N5O6S/c19-13-17-7-9(18(13)24-25(20,21)22)1-2-10(17)11-15-12(23-16-11)8-3-5-14-6-4-8/h8-10,14H,1-7H2,(H,20,21,22). The number of amides is 2. The maximum atomic E-state index is 12.4. The minimum absolute atomic E-state index is 0.215. The van der Waals surface area contributed by atoms with E-state index in [0.717, 1.165) is 25.9 Å². The minimum atomic E-state index is -4.75. The number of nitrogens with zero attached hydrogens (tertiary/aromatic N) is 4. The number of aromatic nitrogens is 2. The minimum Gasteiger partial charge on any atom is -0.339 e. The van der Waals surface area contributed by atoms with Gasteiger partial charge in [-0.25, -0.2) is 4.79 Å². The second kappa shape index (κ2) is 6.20. The lowest BCUT2D eigenvalue weighted by molar-refractivity contribution is -0.0317. The Kier molecular flexibility index (Phi) is 4.14. The van der Waals surface area contributed by atoms with E-state index in [1.54, 1.807) is 0 Å². The number of carbonyl (C=O) groups is 1. The predicted molar refractivity (Wildman–Crippen MR) is 81.5 cm³/mol. The van der Waals surface area contributed by atoms with Crippen LogP contribution < -0.4 is 5.32 Å². The van der Waals surface area contributed by atoms with Crippen molar-refractivity contribution in [1.82, 2.24) is 25.4 Å². The SMILES string of the molecule is O=C1N2CC(CCC2c2noc(C3CCNCC3)n2)N1OS(=O)(=O)O. The van der Waals surface area contributed by atoms with Crippen molar-refractivity contribution in [2.24, 2.45) is 0 Å². The third-order valence-electron chi connectivity index (χ3n) is 4.94. The zero-order chi connectivity index (χ0) is 17.6. The van der Waals surface area contributed by atoms with E-state index in [0.29, 0.717) is 29.6 Å². The maximum Gasteiger partial charge on any atom is 0.418 e. The van der Waals surface area contributed by atoms with Crippen molar-refractivity contribution >= 4 is 16.4 Å². The van der Waals surface area contributed by atoms with Crippen molar-refractivity contribution in [2.45, 2.75) is 43.7 Å². The number of hydroxylamine groups is 2. The Morgan fingerprint density at radius 2 is 2.00 bits per heavy atom. The van der Waals surface area contributed by atoms with Gasteiger partial charge < -0.3 is 14.7 Å². The molecule has 3 aliphatic rings. The topological polar surface area (TPSA) is 138 Å². The van der Waals surface area contributed by atoms with E-state index in [-0.39, 0.29) is 12.5 Å². The van der Waals surface area contributed by atoms with Gasteiger partial charge in [-0.1, -0.05) is 5.16 Å². The van der Waals surface area contributed by atoms with Crippen LogP contribution >= 0.6 is 0 Å². The number of rotatable bonds is 4. The smallest absolute Gasteiger partial charge is 0.339 e. The van der Waals surface area contributed by atoms with Crippen LogP contribution in [0.25, 0.3) is 0 Å². The molecule has 2 unspecified atom stereocenters. The molecule has 3 fully saturated rings. The van der Waals surface area contributed by atoms with E-state index in [4.69, 9.17) is 9.08 Å². The second-order valence-electron chi connectivity index (χ2n) is 6.53. The van der Waals surface area contributed by atoms with Crippen molar-refractivity contribution < 1.29 is 26.6 Å². The number of piperidine rings is 2. The second-order valence-corrected chi connectivity index (χ2v) is 7.53. The van der Waals surface area contributed by atoms with Crippen LogP contribution in [0.4, 0.5) is 4.79 Å². The average Bonchev–Trinajstić information content (AvgIpc) is 3.16. The molecular weight excluding hydrogens is 354 g/mol. The average molecular weight is 373 g/mol. The van der Waals surface area contributed by atoms with E-state index in [1.165, 1.54) is 4.90 Å². The van der Waals surface area contributed by atoms with E-state index >= 15 is 0 Å². The zero-order valence-electron chi connectivity index (χ0n) is 13.4. The van der Waals surface area contributed by atoms with Crippen molar-refractivity contribution in [1.29, 1.82) is 0 Å². The van der Waals surface area contributed by atoms with Gasteiger partial charge in [0.15, 0.2) is 5.82 Å². The normalized spacial score (nSPS) is 28.0. The highest BCUT2D eigenvalue weighted by molar-refractivity contribution is 7.80. The summed E-state index contributed by atoms with van der Waals surface area (Å²) >= 11 is 0. The van der Waals surface area contributed by atoms with Crippen LogP contribution in [0.2, 0.25) is 0 Å². The first-order valence-electron chi connectivity index (χ1n) is 8.23. The molecule has 2 amide bonds. The van der Waals surface area contributed by atoms with E-state index in [1.807, 2.05) is 0 Å². The van der Waals surface area contributed by atoms with Crippen LogP contribution in [0, 0.1) is 0 Å². The predicted octanol–water partition coefficient (Wildman–Crippen LogP) is 0.212. The number of hydrogen-bond acceptors (Lipinski definition) is 8. The summed E-state index contributed by atoms with van der Waals surface area (Å²) in [7, 11) is -4.75. The van der Waals surface area contributed by atoms with Gasteiger partial charge >= 0.3 is 16.4 Å². The summed E-state index contributed by atoms with van der Waals surface area (Å²) in [6.45, 7) is 2.09. The Bertz CT molecular complexity index is 761. The molecule has 3 saturated heterocycles. The Hall–Kier alpha value is -1.76. The summed E-state index contributed by atoms with van der Waals surface area (Å²) < 4.78 is 40.5. The van der Waals surface area contributed by atoms with Crippen molar-refractivity contribution in [2.75, 3.05) is 19.6 Å². The highest BCUT2D eigenvalue weighted by Gasteiger charge is 2.49. The molecule has 4 rings (SSSR count). The molecule has 1 aromatic rings. The lowest BCUT2D eigenvalue weighted by Gasteiger charge is -2.27. The first-order valence-corrected chi connectivity index (χ1v) is 9.60. The van der Waals surface area contributed by atoms with Gasteiger partial charge in [0, 0.05) is 12.5 Å². The quantitative estimate of drug-likeness (QED) is 0.709. The molecule has 138 valence electrons. The van der Waals surface area contributed by atoms with Crippen LogP contribution in [0.1, 0.15) is 49.4 Å². The number of fused-ring (bicyclic) bond motifs is 2.